The Bertz CT molecular complexity index is 579. The van der Waals surface area contributed by atoms with Crippen molar-refractivity contribution in [1.82, 2.24) is 9.80 Å². The molecule has 1 saturated carbocycles. The number of carbonyl (C=O) groups is 2. The van der Waals surface area contributed by atoms with E-state index >= 15 is 0 Å². The van der Waals surface area contributed by atoms with Crippen LogP contribution >= 0.6 is 0 Å². The number of hydrogen-bond acceptors (Lipinski definition) is 3. The van der Waals surface area contributed by atoms with Crippen molar-refractivity contribution in [3.05, 3.63) is 29.8 Å². The fourth-order valence-corrected chi connectivity index (χ4v) is 3.49. The van der Waals surface area contributed by atoms with Crippen LogP contribution in [-0.2, 0) is 4.79 Å². The first-order valence-electron chi connectivity index (χ1n) is 8.95. The van der Waals surface area contributed by atoms with Crippen molar-refractivity contribution in [2.45, 2.75) is 45.1 Å². The van der Waals surface area contributed by atoms with E-state index in [-0.39, 0.29) is 11.8 Å². The molecule has 0 aromatic heterocycles. The van der Waals surface area contributed by atoms with E-state index in [1.54, 1.807) is 6.92 Å². The molecule has 0 atom stereocenters. The molecule has 5 nitrogen and oxygen atoms in total. The van der Waals surface area contributed by atoms with Gasteiger partial charge >= 0.3 is 0 Å². The Morgan fingerprint density at radius 3 is 2.21 bits per heavy atom. The van der Waals surface area contributed by atoms with Crippen molar-refractivity contribution in [2.24, 2.45) is 0 Å². The standard InChI is InChI=1S/C19H26N2O3/c1-15(22)20-11-4-12-21(14-13-20)19(23)16-7-9-18(10-8-16)24-17-5-2-3-6-17/h7-10,17H,2-6,11-14H2,1H3. The maximum absolute atomic E-state index is 12.7. The van der Waals surface area contributed by atoms with Crippen molar-refractivity contribution >= 4 is 11.8 Å². The van der Waals surface area contributed by atoms with Gasteiger partial charge in [0.1, 0.15) is 5.75 Å². The number of benzene rings is 1. The molecule has 0 N–H and O–H groups in total. The zero-order valence-corrected chi connectivity index (χ0v) is 14.4. The average molecular weight is 330 g/mol. The third-order valence-electron chi connectivity index (χ3n) is 4.93. The Balaban J connectivity index is 1.59. The molecule has 0 radical (unpaired) electrons. The van der Waals surface area contributed by atoms with Gasteiger partial charge in [-0.25, -0.2) is 0 Å². The number of hydrogen-bond donors (Lipinski definition) is 0. The van der Waals surface area contributed by atoms with Crippen molar-refractivity contribution in [3.8, 4) is 5.75 Å². The minimum Gasteiger partial charge on any atom is -0.490 e. The van der Waals surface area contributed by atoms with Gasteiger partial charge in [-0.3, -0.25) is 9.59 Å². The highest BCUT2D eigenvalue weighted by atomic mass is 16.5. The quantitative estimate of drug-likeness (QED) is 0.856. The summed E-state index contributed by atoms with van der Waals surface area (Å²) in [4.78, 5) is 27.8. The van der Waals surface area contributed by atoms with Crippen LogP contribution in [0.15, 0.2) is 24.3 Å². The molecular formula is C19H26N2O3. The molecular weight excluding hydrogens is 304 g/mol. The fourth-order valence-electron chi connectivity index (χ4n) is 3.49. The smallest absolute Gasteiger partial charge is 0.253 e. The monoisotopic (exact) mass is 330 g/mol. The van der Waals surface area contributed by atoms with Gasteiger partial charge in [0.2, 0.25) is 5.91 Å². The lowest BCUT2D eigenvalue weighted by Gasteiger charge is -2.21. The van der Waals surface area contributed by atoms with Crippen LogP contribution in [0.1, 0.15) is 49.4 Å². The molecule has 2 fully saturated rings. The fraction of sp³-hybridized carbons (Fsp3) is 0.579. The highest BCUT2D eigenvalue weighted by molar-refractivity contribution is 5.94. The van der Waals surface area contributed by atoms with Gasteiger partial charge in [0.05, 0.1) is 6.10 Å². The molecule has 5 heteroatoms. The maximum atomic E-state index is 12.7. The first-order chi connectivity index (χ1) is 11.6. The van der Waals surface area contributed by atoms with E-state index in [1.165, 1.54) is 12.8 Å². The van der Waals surface area contributed by atoms with Crippen molar-refractivity contribution in [3.63, 3.8) is 0 Å². The normalized spacial score (nSPS) is 19.2. The van der Waals surface area contributed by atoms with E-state index in [4.69, 9.17) is 4.74 Å². The highest BCUT2D eigenvalue weighted by Crippen LogP contribution is 2.24. The second kappa shape index (κ2) is 7.69. The zero-order chi connectivity index (χ0) is 16.9. The van der Waals surface area contributed by atoms with Crippen molar-refractivity contribution in [1.29, 1.82) is 0 Å². The Labute approximate surface area is 143 Å². The Hall–Kier alpha value is -2.04. The molecule has 0 bridgehead atoms. The van der Waals surface area contributed by atoms with Crippen LogP contribution in [0.25, 0.3) is 0 Å². The molecule has 0 spiro atoms. The molecule has 1 aliphatic carbocycles. The number of nitrogens with zero attached hydrogens (tertiary/aromatic N) is 2. The summed E-state index contributed by atoms with van der Waals surface area (Å²) in [6.45, 7) is 4.22. The van der Waals surface area contributed by atoms with E-state index in [1.807, 2.05) is 34.1 Å². The Kier molecular flexibility index (Phi) is 5.38. The Morgan fingerprint density at radius 1 is 0.917 bits per heavy atom. The molecule has 2 amide bonds. The van der Waals surface area contributed by atoms with Gasteiger partial charge in [-0.05, 0) is 56.4 Å². The van der Waals surface area contributed by atoms with E-state index in [0.717, 1.165) is 31.6 Å². The van der Waals surface area contributed by atoms with E-state index in [2.05, 4.69) is 0 Å². The predicted octanol–water partition coefficient (Wildman–Crippen LogP) is 2.70. The minimum absolute atomic E-state index is 0.0350. The lowest BCUT2D eigenvalue weighted by molar-refractivity contribution is -0.128. The molecule has 3 rings (SSSR count). The molecule has 2 aliphatic rings. The van der Waals surface area contributed by atoms with Crippen molar-refractivity contribution in [2.75, 3.05) is 26.2 Å². The summed E-state index contributed by atoms with van der Waals surface area (Å²) in [6.07, 6.45) is 5.90. The first-order valence-corrected chi connectivity index (χ1v) is 8.95. The SMILES string of the molecule is CC(=O)N1CCCN(C(=O)c2ccc(OC3CCCC3)cc2)CC1. The molecule has 1 aromatic rings. The molecule has 1 heterocycles. The average Bonchev–Trinajstić information content (AvgIpc) is 2.96. The van der Waals surface area contributed by atoms with Crippen LogP contribution in [0.5, 0.6) is 5.75 Å². The first kappa shape index (κ1) is 16.8. The second-order valence-corrected chi connectivity index (χ2v) is 6.70. The highest BCUT2D eigenvalue weighted by Gasteiger charge is 2.21. The van der Waals surface area contributed by atoms with Crippen LogP contribution in [0, 0.1) is 0 Å². The molecule has 24 heavy (non-hydrogen) atoms. The summed E-state index contributed by atoms with van der Waals surface area (Å²) in [5.74, 6) is 0.961. The van der Waals surface area contributed by atoms with Crippen LogP contribution in [-0.4, -0.2) is 53.9 Å². The van der Waals surface area contributed by atoms with E-state index in [0.29, 0.717) is 31.3 Å². The van der Waals surface area contributed by atoms with Gasteiger partial charge in [0.15, 0.2) is 0 Å². The third-order valence-corrected chi connectivity index (χ3v) is 4.93. The lowest BCUT2D eigenvalue weighted by atomic mass is 10.2. The minimum atomic E-state index is 0.0350. The van der Waals surface area contributed by atoms with Crippen LogP contribution in [0.4, 0.5) is 0 Å². The summed E-state index contributed by atoms with van der Waals surface area (Å²) >= 11 is 0. The summed E-state index contributed by atoms with van der Waals surface area (Å²) in [5, 5.41) is 0. The zero-order valence-electron chi connectivity index (χ0n) is 14.4. The Morgan fingerprint density at radius 2 is 1.54 bits per heavy atom. The predicted molar refractivity (Wildman–Crippen MR) is 92.1 cm³/mol. The van der Waals surface area contributed by atoms with Gasteiger partial charge < -0.3 is 14.5 Å². The summed E-state index contributed by atoms with van der Waals surface area (Å²) < 4.78 is 5.95. The number of ether oxygens (including phenoxy) is 1. The molecule has 1 aromatic carbocycles. The molecule has 130 valence electrons. The molecule has 0 unspecified atom stereocenters. The topological polar surface area (TPSA) is 49.9 Å². The van der Waals surface area contributed by atoms with Gasteiger partial charge in [-0.2, -0.15) is 0 Å². The summed E-state index contributed by atoms with van der Waals surface area (Å²) in [5.41, 5.74) is 0.685. The van der Waals surface area contributed by atoms with Gasteiger partial charge in [0.25, 0.3) is 5.91 Å². The number of carbonyl (C=O) groups excluding carboxylic acids is 2. The third kappa shape index (κ3) is 4.08. The van der Waals surface area contributed by atoms with Crippen molar-refractivity contribution < 1.29 is 14.3 Å². The van der Waals surface area contributed by atoms with E-state index in [9.17, 15) is 9.59 Å². The number of rotatable bonds is 3. The summed E-state index contributed by atoms with van der Waals surface area (Å²) in [7, 11) is 0. The lowest BCUT2D eigenvalue weighted by Crippen LogP contribution is -2.36. The molecule has 1 aliphatic heterocycles. The van der Waals surface area contributed by atoms with Gasteiger partial charge in [0, 0.05) is 38.7 Å². The van der Waals surface area contributed by atoms with Crippen LogP contribution < -0.4 is 4.74 Å². The van der Waals surface area contributed by atoms with E-state index < -0.39 is 0 Å². The van der Waals surface area contributed by atoms with Gasteiger partial charge in [-0.1, -0.05) is 0 Å². The largest absolute Gasteiger partial charge is 0.490 e. The van der Waals surface area contributed by atoms with Crippen LogP contribution in [0.2, 0.25) is 0 Å². The second-order valence-electron chi connectivity index (χ2n) is 6.70. The molecule has 1 saturated heterocycles. The van der Waals surface area contributed by atoms with Crippen LogP contribution in [0.3, 0.4) is 0 Å². The van der Waals surface area contributed by atoms with Gasteiger partial charge in [-0.15, -0.1) is 0 Å². The maximum Gasteiger partial charge on any atom is 0.253 e. The summed E-state index contributed by atoms with van der Waals surface area (Å²) in [6, 6.07) is 7.48. The number of amides is 2.